The molecule has 2 heterocycles. The predicted octanol–water partition coefficient (Wildman–Crippen LogP) is 3.22. The van der Waals surface area contributed by atoms with E-state index in [1.807, 2.05) is 19.9 Å². The van der Waals surface area contributed by atoms with Crippen LogP contribution in [0.15, 0.2) is 38.4 Å². The van der Waals surface area contributed by atoms with E-state index in [-0.39, 0.29) is 6.54 Å². The zero-order valence-corrected chi connectivity index (χ0v) is 15.6. The molecule has 0 spiro atoms. The minimum atomic E-state index is -1.13. The Labute approximate surface area is 147 Å². The molecule has 0 fully saturated rings. The molecule has 24 heavy (non-hydrogen) atoms. The molecule has 5 nitrogen and oxygen atoms in total. The number of aliphatic imine (C=N–C) groups is 1. The zero-order chi connectivity index (χ0) is 17.6. The Balaban J connectivity index is 1.97. The second kappa shape index (κ2) is 8.35. The van der Waals surface area contributed by atoms with E-state index in [1.54, 1.807) is 24.3 Å². The molecule has 0 amide bonds. The van der Waals surface area contributed by atoms with Gasteiger partial charge in [0.2, 0.25) is 0 Å². The average molecular weight is 350 g/mol. The van der Waals surface area contributed by atoms with E-state index in [4.69, 9.17) is 4.42 Å². The number of aliphatic hydroxyl groups is 1. The molecule has 6 heteroatoms. The number of aryl methyl sites for hydroxylation is 1. The molecule has 0 bridgehead atoms. The van der Waals surface area contributed by atoms with Crippen LogP contribution < -0.4 is 10.6 Å². The summed E-state index contributed by atoms with van der Waals surface area (Å²) in [7, 11) is 0. The predicted molar refractivity (Wildman–Crippen MR) is 99.7 cm³/mol. The van der Waals surface area contributed by atoms with Gasteiger partial charge in [0.1, 0.15) is 17.1 Å². The van der Waals surface area contributed by atoms with Gasteiger partial charge in [-0.25, -0.2) is 4.99 Å². The van der Waals surface area contributed by atoms with E-state index in [0.717, 1.165) is 18.8 Å². The van der Waals surface area contributed by atoms with Crippen molar-refractivity contribution in [3.63, 3.8) is 0 Å². The van der Waals surface area contributed by atoms with E-state index >= 15 is 0 Å². The summed E-state index contributed by atoms with van der Waals surface area (Å²) in [6, 6.07) is 5.79. The first-order chi connectivity index (χ1) is 11.4. The molecule has 0 aromatic carbocycles. The number of guanidine groups is 1. The van der Waals surface area contributed by atoms with E-state index < -0.39 is 5.60 Å². The highest BCUT2D eigenvalue weighted by molar-refractivity contribution is 7.07. The fourth-order valence-corrected chi connectivity index (χ4v) is 3.08. The van der Waals surface area contributed by atoms with Crippen molar-refractivity contribution in [1.29, 1.82) is 0 Å². The van der Waals surface area contributed by atoms with Gasteiger partial charge in [-0.1, -0.05) is 6.92 Å². The molecule has 132 valence electrons. The molecule has 2 atom stereocenters. The summed E-state index contributed by atoms with van der Waals surface area (Å²) in [6.07, 6.45) is 0. The highest BCUT2D eigenvalue weighted by Crippen LogP contribution is 2.23. The van der Waals surface area contributed by atoms with Gasteiger partial charge in [0.15, 0.2) is 5.96 Å². The van der Waals surface area contributed by atoms with Crippen LogP contribution >= 0.6 is 11.3 Å². The van der Waals surface area contributed by atoms with Crippen LogP contribution in [0.5, 0.6) is 0 Å². The van der Waals surface area contributed by atoms with Crippen molar-refractivity contribution in [2.75, 3.05) is 19.6 Å². The van der Waals surface area contributed by atoms with Gasteiger partial charge in [0, 0.05) is 13.1 Å². The van der Waals surface area contributed by atoms with Crippen LogP contribution in [0.25, 0.3) is 0 Å². The number of nitrogens with one attached hydrogen (secondary N) is 2. The molecule has 0 aliphatic heterocycles. The van der Waals surface area contributed by atoms with Gasteiger partial charge in [0.05, 0.1) is 6.54 Å². The molecule has 3 N–H and O–H groups in total. The van der Waals surface area contributed by atoms with E-state index in [9.17, 15) is 5.11 Å². The Kier molecular flexibility index (Phi) is 6.45. The van der Waals surface area contributed by atoms with Crippen molar-refractivity contribution in [3.8, 4) is 0 Å². The highest BCUT2D eigenvalue weighted by Gasteiger charge is 2.26. The van der Waals surface area contributed by atoms with Crippen molar-refractivity contribution < 1.29 is 9.52 Å². The van der Waals surface area contributed by atoms with Gasteiger partial charge in [-0.3, -0.25) is 0 Å². The fraction of sp³-hybridized carbons (Fsp3) is 0.500. The lowest BCUT2D eigenvalue weighted by atomic mass is 10.0. The lowest BCUT2D eigenvalue weighted by Gasteiger charge is -2.20. The van der Waals surface area contributed by atoms with Crippen molar-refractivity contribution in [2.24, 2.45) is 4.99 Å². The summed E-state index contributed by atoms with van der Waals surface area (Å²) in [4.78, 5) is 4.51. The quantitative estimate of drug-likeness (QED) is 0.530. The van der Waals surface area contributed by atoms with Gasteiger partial charge in [-0.05, 0) is 61.2 Å². The van der Waals surface area contributed by atoms with Crippen LogP contribution in [0, 0.1) is 6.92 Å². The molecular weight excluding hydrogens is 322 g/mol. The van der Waals surface area contributed by atoms with E-state index in [0.29, 0.717) is 17.6 Å². The SMILES string of the molecule is CCNC(=NCC(C)(O)c1ccc(C)o1)NCC(C)c1ccsc1. The maximum atomic E-state index is 10.6. The monoisotopic (exact) mass is 349 g/mol. The lowest BCUT2D eigenvalue weighted by molar-refractivity contribution is 0.0428. The molecule has 2 rings (SSSR count). The van der Waals surface area contributed by atoms with Crippen LogP contribution in [-0.4, -0.2) is 30.7 Å². The average Bonchev–Trinajstić information content (AvgIpc) is 3.21. The number of thiophene rings is 1. The molecule has 0 saturated heterocycles. The minimum absolute atomic E-state index is 0.224. The lowest BCUT2D eigenvalue weighted by Crippen LogP contribution is -2.40. The Morgan fingerprint density at radius 1 is 1.38 bits per heavy atom. The second-order valence-electron chi connectivity index (χ2n) is 6.22. The maximum Gasteiger partial charge on any atom is 0.191 e. The maximum absolute atomic E-state index is 10.6. The number of hydrogen-bond donors (Lipinski definition) is 3. The number of hydrogen-bond acceptors (Lipinski definition) is 4. The third kappa shape index (κ3) is 5.11. The molecule has 0 aliphatic carbocycles. The van der Waals surface area contributed by atoms with Gasteiger partial charge < -0.3 is 20.2 Å². The molecule has 0 aliphatic rings. The van der Waals surface area contributed by atoms with Crippen LogP contribution in [0.3, 0.4) is 0 Å². The molecule has 2 aromatic heterocycles. The van der Waals surface area contributed by atoms with Crippen LogP contribution in [0.4, 0.5) is 0 Å². The molecular formula is C18H27N3O2S. The van der Waals surface area contributed by atoms with Gasteiger partial charge in [-0.2, -0.15) is 11.3 Å². The standard InChI is InChI=1S/C18H27N3O2S/c1-5-19-17(20-10-13(2)15-8-9-24-11-15)21-12-18(4,22)16-7-6-14(3)23-16/h6-9,11,13,22H,5,10,12H2,1-4H3,(H2,19,20,21). The van der Waals surface area contributed by atoms with E-state index in [1.165, 1.54) is 5.56 Å². The third-order valence-corrected chi connectivity index (χ3v) is 4.55. The van der Waals surface area contributed by atoms with Crippen LogP contribution in [0.1, 0.15) is 43.8 Å². The Hall–Kier alpha value is -1.79. The van der Waals surface area contributed by atoms with Crippen molar-refractivity contribution in [1.82, 2.24) is 10.6 Å². The normalized spacial score (nSPS) is 15.8. The number of nitrogens with zero attached hydrogens (tertiary/aromatic N) is 1. The first-order valence-corrected chi connectivity index (χ1v) is 9.20. The van der Waals surface area contributed by atoms with E-state index in [2.05, 4.69) is 39.4 Å². The Morgan fingerprint density at radius 3 is 2.75 bits per heavy atom. The zero-order valence-electron chi connectivity index (χ0n) is 14.8. The van der Waals surface area contributed by atoms with Gasteiger partial charge in [-0.15, -0.1) is 0 Å². The molecule has 2 unspecified atom stereocenters. The second-order valence-corrected chi connectivity index (χ2v) is 7.00. The largest absolute Gasteiger partial charge is 0.463 e. The van der Waals surface area contributed by atoms with Gasteiger partial charge in [0.25, 0.3) is 0 Å². The Morgan fingerprint density at radius 2 is 2.17 bits per heavy atom. The first-order valence-electron chi connectivity index (χ1n) is 8.26. The summed E-state index contributed by atoms with van der Waals surface area (Å²) >= 11 is 1.71. The van der Waals surface area contributed by atoms with Crippen LogP contribution in [0.2, 0.25) is 0 Å². The summed E-state index contributed by atoms with van der Waals surface area (Å²) in [5, 5.41) is 21.4. The first kappa shape index (κ1) is 18.5. The number of rotatable bonds is 7. The summed E-state index contributed by atoms with van der Waals surface area (Å²) < 4.78 is 5.53. The van der Waals surface area contributed by atoms with Gasteiger partial charge >= 0.3 is 0 Å². The fourth-order valence-electron chi connectivity index (χ4n) is 2.30. The highest BCUT2D eigenvalue weighted by atomic mass is 32.1. The summed E-state index contributed by atoms with van der Waals surface area (Å²) in [5.74, 6) is 2.41. The van der Waals surface area contributed by atoms with Crippen molar-refractivity contribution in [2.45, 2.75) is 39.2 Å². The summed E-state index contributed by atoms with van der Waals surface area (Å²) in [6.45, 7) is 9.55. The molecule has 0 saturated carbocycles. The Bertz CT molecular complexity index is 647. The minimum Gasteiger partial charge on any atom is -0.463 e. The van der Waals surface area contributed by atoms with Crippen molar-refractivity contribution in [3.05, 3.63) is 46.0 Å². The molecule has 0 radical (unpaired) electrons. The smallest absolute Gasteiger partial charge is 0.191 e. The molecule has 2 aromatic rings. The summed E-state index contributed by atoms with van der Waals surface area (Å²) in [5.41, 5.74) is 0.191. The van der Waals surface area contributed by atoms with Crippen LogP contribution in [-0.2, 0) is 5.60 Å². The van der Waals surface area contributed by atoms with Crippen molar-refractivity contribution >= 4 is 17.3 Å². The number of furan rings is 1. The topological polar surface area (TPSA) is 69.8 Å². The third-order valence-electron chi connectivity index (χ3n) is 3.85.